The zero-order valence-electron chi connectivity index (χ0n) is 10.9. The molecule has 6 heteroatoms. The third-order valence-corrected chi connectivity index (χ3v) is 4.58. The summed E-state index contributed by atoms with van der Waals surface area (Å²) in [5.74, 6) is -0.337. The van der Waals surface area contributed by atoms with Crippen molar-refractivity contribution in [3.63, 3.8) is 0 Å². The van der Waals surface area contributed by atoms with Crippen LogP contribution in [-0.2, 0) is 10.1 Å². The van der Waals surface area contributed by atoms with Gasteiger partial charge in [-0.3, -0.25) is 0 Å². The summed E-state index contributed by atoms with van der Waals surface area (Å²) in [7, 11) is -3.99. The minimum atomic E-state index is -3.99. The van der Waals surface area contributed by atoms with Gasteiger partial charge in [-0.1, -0.05) is 11.6 Å². The summed E-state index contributed by atoms with van der Waals surface area (Å²) < 4.78 is 41.9. The number of benzene rings is 2. The SMILES string of the molecule is Cc1cc(OS(=O)(=O)c2ccc(F)cc2)cc(C)c1Cl. The number of aryl methyl sites for hydroxylation is 2. The van der Waals surface area contributed by atoms with Gasteiger partial charge in [0.05, 0.1) is 0 Å². The van der Waals surface area contributed by atoms with Crippen LogP contribution in [0.1, 0.15) is 11.1 Å². The normalized spacial score (nSPS) is 11.4. The fraction of sp³-hybridized carbons (Fsp3) is 0.143. The van der Waals surface area contributed by atoms with E-state index in [1.807, 2.05) is 0 Å². The molecule has 3 nitrogen and oxygen atoms in total. The second kappa shape index (κ2) is 5.42. The largest absolute Gasteiger partial charge is 0.379 e. The van der Waals surface area contributed by atoms with Crippen LogP contribution in [0, 0.1) is 19.7 Å². The zero-order chi connectivity index (χ0) is 14.9. The van der Waals surface area contributed by atoms with Gasteiger partial charge in [0.25, 0.3) is 0 Å². The van der Waals surface area contributed by atoms with Crippen molar-refractivity contribution in [1.29, 1.82) is 0 Å². The van der Waals surface area contributed by atoms with Crippen LogP contribution in [0.15, 0.2) is 41.3 Å². The number of hydrogen-bond acceptors (Lipinski definition) is 3. The molecule has 0 saturated heterocycles. The van der Waals surface area contributed by atoms with E-state index in [0.717, 1.165) is 35.4 Å². The summed E-state index contributed by atoms with van der Waals surface area (Å²) in [5.41, 5.74) is 1.44. The smallest absolute Gasteiger partial charge is 0.339 e. The van der Waals surface area contributed by atoms with Gasteiger partial charge in [0.1, 0.15) is 16.5 Å². The van der Waals surface area contributed by atoms with Crippen molar-refractivity contribution in [1.82, 2.24) is 0 Å². The van der Waals surface area contributed by atoms with Gasteiger partial charge in [-0.05, 0) is 61.4 Å². The van der Waals surface area contributed by atoms with Crippen molar-refractivity contribution in [3.8, 4) is 5.75 Å². The van der Waals surface area contributed by atoms with Crippen molar-refractivity contribution in [2.24, 2.45) is 0 Å². The van der Waals surface area contributed by atoms with E-state index in [1.165, 1.54) is 12.1 Å². The Morgan fingerprint density at radius 3 is 2.05 bits per heavy atom. The van der Waals surface area contributed by atoms with Crippen molar-refractivity contribution in [2.45, 2.75) is 18.7 Å². The van der Waals surface area contributed by atoms with Gasteiger partial charge < -0.3 is 4.18 Å². The molecule has 2 aromatic carbocycles. The van der Waals surface area contributed by atoms with Crippen LogP contribution in [0.3, 0.4) is 0 Å². The van der Waals surface area contributed by atoms with Crippen LogP contribution in [0.2, 0.25) is 5.02 Å². The standard InChI is InChI=1S/C14H12ClFO3S/c1-9-7-12(8-10(2)14(9)15)19-20(17,18)13-5-3-11(16)4-6-13/h3-8H,1-2H3. The predicted molar refractivity (Wildman–Crippen MR) is 75.1 cm³/mol. The van der Waals surface area contributed by atoms with Gasteiger partial charge >= 0.3 is 10.1 Å². The highest BCUT2D eigenvalue weighted by Gasteiger charge is 2.17. The fourth-order valence-electron chi connectivity index (χ4n) is 1.73. The summed E-state index contributed by atoms with van der Waals surface area (Å²) in [4.78, 5) is -0.107. The molecule has 0 heterocycles. The summed E-state index contributed by atoms with van der Waals surface area (Å²) in [6, 6.07) is 7.51. The summed E-state index contributed by atoms with van der Waals surface area (Å²) in [6.45, 7) is 3.51. The molecular formula is C14H12ClFO3S. The van der Waals surface area contributed by atoms with Gasteiger partial charge in [-0.25, -0.2) is 4.39 Å². The lowest BCUT2D eigenvalue weighted by Crippen LogP contribution is -2.10. The average molecular weight is 315 g/mol. The lowest BCUT2D eigenvalue weighted by molar-refractivity contribution is 0.485. The Labute approximate surface area is 122 Å². The van der Waals surface area contributed by atoms with E-state index in [2.05, 4.69) is 0 Å². The van der Waals surface area contributed by atoms with Gasteiger partial charge in [0, 0.05) is 5.02 Å². The van der Waals surface area contributed by atoms with Gasteiger partial charge in [0.15, 0.2) is 0 Å². The van der Waals surface area contributed by atoms with Crippen molar-refractivity contribution < 1.29 is 17.0 Å². The van der Waals surface area contributed by atoms with Crippen molar-refractivity contribution in [3.05, 3.63) is 58.4 Å². The van der Waals surface area contributed by atoms with E-state index in [1.54, 1.807) is 13.8 Å². The van der Waals surface area contributed by atoms with Gasteiger partial charge in [-0.2, -0.15) is 8.42 Å². The minimum absolute atomic E-state index is 0.107. The Bertz CT molecular complexity index is 717. The van der Waals surface area contributed by atoms with Crippen molar-refractivity contribution >= 4 is 21.7 Å². The molecule has 20 heavy (non-hydrogen) atoms. The monoisotopic (exact) mass is 314 g/mol. The molecule has 0 aliphatic rings. The van der Waals surface area contributed by atoms with Crippen LogP contribution >= 0.6 is 11.6 Å². The van der Waals surface area contributed by atoms with E-state index >= 15 is 0 Å². The molecule has 0 fully saturated rings. The molecule has 106 valence electrons. The van der Waals surface area contributed by atoms with Crippen LogP contribution in [0.4, 0.5) is 4.39 Å². The number of hydrogen-bond donors (Lipinski definition) is 0. The van der Waals surface area contributed by atoms with E-state index < -0.39 is 15.9 Å². The Morgan fingerprint density at radius 2 is 1.55 bits per heavy atom. The van der Waals surface area contributed by atoms with E-state index in [0.29, 0.717) is 5.02 Å². The number of rotatable bonds is 3. The van der Waals surface area contributed by atoms with E-state index in [4.69, 9.17) is 15.8 Å². The maximum absolute atomic E-state index is 12.8. The van der Waals surface area contributed by atoms with E-state index in [-0.39, 0.29) is 10.6 Å². The Morgan fingerprint density at radius 1 is 1.05 bits per heavy atom. The maximum Gasteiger partial charge on any atom is 0.339 e. The lowest BCUT2D eigenvalue weighted by atomic mass is 10.1. The molecule has 0 aliphatic heterocycles. The first-order valence-electron chi connectivity index (χ1n) is 5.76. The highest BCUT2D eigenvalue weighted by atomic mass is 35.5. The Hall–Kier alpha value is -1.59. The third kappa shape index (κ3) is 3.11. The number of halogens is 2. The third-order valence-electron chi connectivity index (χ3n) is 2.72. The first kappa shape index (κ1) is 14.8. The first-order chi connectivity index (χ1) is 9.29. The molecule has 2 rings (SSSR count). The maximum atomic E-state index is 12.8. The van der Waals surface area contributed by atoms with Gasteiger partial charge in [0.2, 0.25) is 0 Å². The van der Waals surface area contributed by atoms with Gasteiger partial charge in [-0.15, -0.1) is 0 Å². The first-order valence-corrected chi connectivity index (χ1v) is 7.55. The summed E-state index contributed by atoms with van der Waals surface area (Å²) in [5, 5.41) is 0.566. The predicted octanol–water partition coefficient (Wildman–Crippen LogP) is 3.86. The molecule has 0 bridgehead atoms. The molecule has 0 atom stereocenters. The average Bonchev–Trinajstić information content (AvgIpc) is 2.36. The van der Waals surface area contributed by atoms with Crippen LogP contribution in [0.5, 0.6) is 5.75 Å². The molecule has 0 amide bonds. The molecule has 0 radical (unpaired) electrons. The fourth-order valence-corrected chi connectivity index (χ4v) is 2.75. The molecule has 0 aliphatic carbocycles. The highest BCUT2D eigenvalue weighted by molar-refractivity contribution is 7.87. The molecule has 0 N–H and O–H groups in total. The second-order valence-corrected chi connectivity index (χ2v) is 6.29. The van der Waals surface area contributed by atoms with Crippen LogP contribution < -0.4 is 4.18 Å². The Kier molecular flexibility index (Phi) is 4.01. The Balaban J connectivity index is 2.36. The molecule has 0 saturated carbocycles. The molecule has 2 aromatic rings. The van der Waals surface area contributed by atoms with Crippen LogP contribution in [0.25, 0.3) is 0 Å². The minimum Gasteiger partial charge on any atom is -0.379 e. The molecular weight excluding hydrogens is 303 g/mol. The lowest BCUT2D eigenvalue weighted by Gasteiger charge is -2.10. The van der Waals surface area contributed by atoms with Crippen molar-refractivity contribution in [2.75, 3.05) is 0 Å². The molecule has 0 aromatic heterocycles. The summed E-state index contributed by atoms with van der Waals surface area (Å²) >= 11 is 6.01. The van der Waals surface area contributed by atoms with Crippen LogP contribution in [-0.4, -0.2) is 8.42 Å². The highest BCUT2D eigenvalue weighted by Crippen LogP contribution is 2.27. The molecule has 0 spiro atoms. The quantitative estimate of drug-likeness (QED) is 0.808. The topological polar surface area (TPSA) is 43.4 Å². The second-order valence-electron chi connectivity index (χ2n) is 4.36. The summed E-state index contributed by atoms with van der Waals surface area (Å²) in [6.07, 6.45) is 0. The zero-order valence-corrected chi connectivity index (χ0v) is 12.4. The molecule has 0 unspecified atom stereocenters. The van der Waals surface area contributed by atoms with E-state index in [9.17, 15) is 12.8 Å².